The minimum absolute atomic E-state index is 0.0752. The van der Waals surface area contributed by atoms with Crippen LogP contribution in [0.2, 0.25) is 0 Å². The number of phenols is 2. The fourth-order valence-corrected chi connectivity index (χ4v) is 2.92. The van der Waals surface area contributed by atoms with Gasteiger partial charge in [-0.05, 0) is 48.0 Å². The average molecular weight is 444 g/mol. The molecule has 1 aliphatic heterocycles. The fourth-order valence-electron chi connectivity index (χ4n) is 2.92. The lowest BCUT2D eigenvalue weighted by Gasteiger charge is -2.11. The number of aromatic hydroxyl groups is 2. The highest BCUT2D eigenvalue weighted by atomic mass is 19.4. The van der Waals surface area contributed by atoms with Gasteiger partial charge in [0.25, 0.3) is 0 Å². The number of phenolic OH excluding ortho intramolecular Hbond substituents is 2. The van der Waals surface area contributed by atoms with Crippen LogP contribution in [-0.4, -0.2) is 34.1 Å². The number of halogens is 3. The van der Waals surface area contributed by atoms with E-state index in [0.29, 0.717) is 23.4 Å². The van der Waals surface area contributed by atoms with E-state index in [1.807, 2.05) is 0 Å². The number of fused-ring (bicyclic) bond motifs is 1. The number of aliphatic imine (C=N–C) groups is 1. The summed E-state index contributed by atoms with van der Waals surface area (Å²) in [6.45, 7) is 7.64. The van der Waals surface area contributed by atoms with E-state index in [-0.39, 0.29) is 24.3 Å². The van der Waals surface area contributed by atoms with Crippen molar-refractivity contribution in [3.63, 3.8) is 0 Å². The van der Waals surface area contributed by atoms with Crippen LogP contribution in [0, 0.1) is 0 Å². The number of nitrogens with one attached hydrogen (secondary N) is 1. The van der Waals surface area contributed by atoms with E-state index in [1.165, 1.54) is 6.07 Å². The molecule has 3 rings (SSSR count). The van der Waals surface area contributed by atoms with Crippen LogP contribution in [0.1, 0.15) is 24.5 Å². The molecule has 2 aromatic carbocycles. The van der Waals surface area contributed by atoms with E-state index in [9.17, 15) is 28.2 Å². The zero-order chi connectivity index (χ0) is 23.9. The molecule has 0 aromatic heterocycles. The van der Waals surface area contributed by atoms with Crippen molar-refractivity contribution in [1.29, 1.82) is 0 Å². The molecule has 0 saturated heterocycles. The van der Waals surface area contributed by atoms with Crippen LogP contribution in [-0.2, 0) is 4.79 Å². The topological polar surface area (TPSA) is 81.9 Å². The second-order valence-corrected chi connectivity index (χ2v) is 6.93. The van der Waals surface area contributed by atoms with Gasteiger partial charge < -0.3 is 15.5 Å². The molecule has 1 aliphatic rings. The second-order valence-electron chi connectivity index (χ2n) is 6.93. The third-order valence-electron chi connectivity index (χ3n) is 4.27. The van der Waals surface area contributed by atoms with Crippen molar-refractivity contribution in [2.75, 3.05) is 5.32 Å². The third kappa shape index (κ3) is 7.16. The van der Waals surface area contributed by atoms with Crippen molar-refractivity contribution in [3.05, 3.63) is 90.6 Å². The van der Waals surface area contributed by atoms with Gasteiger partial charge in [-0.1, -0.05) is 31.4 Å². The molecule has 168 valence electrons. The Bertz CT molecular complexity index is 1050. The number of hydrogen-bond acceptors (Lipinski definition) is 4. The molecule has 3 N–H and O–H groups in total. The van der Waals surface area contributed by atoms with Crippen molar-refractivity contribution in [2.24, 2.45) is 4.99 Å². The van der Waals surface area contributed by atoms with Crippen LogP contribution in [0.15, 0.2) is 84.4 Å². The largest absolute Gasteiger partial charge is 0.508 e. The third-order valence-corrected chi connectivity index (χ3v) is 4.27. The van der Waals surface area contributed by atoms with Crippen LogP contribution in [0.5, 0.6) is 11.5 Å². The molecule has 0 spiro atoms. The first-order chi connectivity index (χ1) is 15.0. The zero-order valence-electron chi connectivity index (χ0n) is 17.4. The quantitative estimate of drug-likeness (QED) is 0.420. The molecule has 1 unspecified atom stereocenters. The number of carbonyl (C=O) groups excluding carboxylic acids is 1. The Labute approximate surface area is 183 Å². The van der Waals surface area contributed by atoms with Crippen LogP contribution in [0.25, 0.3) is 0 Å². The maximum atomic E-state index is 12.7. The van der Waals surface area contributed by atoms with Crippen LogP contribution >= 0.6 is 0 Å². The lowest BCUT2D eigenvalue weighted by molar-refractivity contribution is -0.117. The summed E-state index contributed by atoms with van der Waals surface area (Å²) in [6.07, 6.45) is 1.47. The molecule has 0 fully saturated rings. The van der Waals surface area contributed by atoms with Crippen molar-refractivity contribution in [1.82, 2.24) is 0 Å². The Hall–Kier alpha value is -3.81. The fraction of sp³-hybridized carbons (Fsp3) is 0.167. The average Bonchev–Trinajstić information content (AvgIpc) is 2.83. The highest BCUT2D eigenvalue weighted by molar-refractivity contribution is 6.19. The zero-order valence-corrected chi connectivity index (χ0v) is 17.4. The summed E-state index contributed by atoms with van der Waals surface area (Å²) < 4.78 is 31.1. The number of amides is 1. The Kier molecular flexibility index (Phi) is 8.01. The van der Waals surface area contributed by atoms with E-state index >= 15 is 0 Å². The minimum Gasteiger partial charge on any atom is -0.508 e. The lowest BCUT2D eigenvalue weighted by atomic mass is 10.00. The summed E-state index contributed by atoms with van der Waals surface area (Å²) >= 11 is 0. The molecule has 0 saturated carbocycles. The monoisotopic (exact) mass is 444 g/mol. The first-order valence-electron chi connectivity index (χ1n) is 9.54. The molecule has 5 nitrogen and oxygen atoms in total. The SMILES string of the molecule is C=C/C=C(\C=C)CC1N=C(c2ccc(O)cc2)c2cc(O)ccc2NC1=O.CC(F)(F)F. The van der Waals surface area contributed by atoms with Gasteiger partial charge in [-0.25, -0.2) is 0 Å². The van der Waals surface area contributed by atoms with Crippen molar-refractivity contribution >= 4 is 17.3 Å². The number of benzene rings is 2. The predicted molar refractivity (Wildman–Crippen MR) is 119 cm³/mol. The van der Waals surface area contributed by atoms with Gasteiger partial charge in [-0.15, -0.1) is 0 Å². The molecule has 0 aliphatic carbocycles. The number of anilines is 1. The summed E-state index contributed by atoms with van der Waals surface area (Å²) in [7, 11) is 0. The maximum absolute atomic E-state index is 12.7. The minimum atomic E-state index is -4.00. The summed E-state index contributed by atoms with van der Waals surface area (Å²) in [6, 6.07) is 10.6. The van der Waals surface area contributed by atoms with E-state index in [0.717, 1.165) is 11.1 Å². The van der Waals surface area contributed by atoms with Gasteiger partial charge >= 0.3 is 6.18 Å². The molecule has 1 amide bonds. The standard InChI is InChI=1S/C22H20N2O3.C2H3F3/c1-3-5-14(4-2)12-20-22(27)24-19-11-10-17(26)13-18(19)21(23-20)15-6-8-16(25)9-7-15;1-2(3,4)5/h3-11,13,20,25-26H,1-2,12H2,(H,24,27);1H3/b14-5+;. The first kappa shape index (κ1) is 24.5. The molecule has 0 bridgehead atoms. The number of alkyl halides is 3. The Morgan fingerprint density at radius 2 is 1.72 bits per heavy atom. The van der Waals surface area contributed by atoms with Gasteiger partial charge in [0.1, 0.15) is 17.5 Å². The molecular formula is C24H23F3N2O3. The summed E-state index contributed by atoms with van der Waals surface area (Å²) in [5.41, 5.74) is 3.32. The predicted octanol–water partition coefficient (Wildman–Crippen LogP) is 5.51. The molecule has 32 heavy (non-hydrogen) atoms. The second kappa shape index (κ2) is 10.5. The number of carbonyl (C=O) groups is 1. The smallest absolute Gasteiger partial charge is 0.386 e. The summed E-state index contributed by atoms with van der Waals surface area (Å²) in [4.78, 5) is 17.4. The van der Waals surface area contributed by atoms with Crippen LogP contribution in [0.3, 0.4) is 0 Å². The Morgan fingerprint density at radius 3 is 2.28 bits per heavy atom. The number of benzodiazepines with no additional fused rings is 1. The molecule has 1 atom stereocenters. The molecular weight excluding hydrogens is 421 g/mol. The van der Waals surface area contributed by atoms with Gasteiger partial charge in [0.2, 0.25) is 5.91 Å². The van der Waals surface area contributed by atoms with Crippen LogP contribution < -0.4 is 5.32 Å². The number of hydrogen-bond donors (Lipinski definition) is 3. The van der Waals surface area contributed by atoms with Gasteiger partial charge in [0.05, 0.1) is 11.4 Å². The Morgan fingerprint density at radius 1 is 1.12 bits per heavy atom. The van der Waals surface area contributed by atoms with Crippen molar-refractivity contribution in [3.8, 4) is 11.5 Å². The highest BCUT2D eigenvalue weighted by Crippen LogP contribution is 2.29. The summed E-state index contributed by atoms with van der Waals surface area (Å²) in [5.74, 6) is -0.0310. The van der Waals surface area contributed by atoms with Gasteiger partial charge in [-0.3, -0.25) is 9.79 Å². The first-order valence-corrected chi connectivity index (χ1v) is 9.54. The highest BCUT2D eigenvalue weighted by Gasteiger charge is 2.26. The molecule has 2 aromatic rings. The van der Waals surface area contributed by atoms with Gasteiger partial charge in [0.15, 0.2) is 0 Å². The van der Waals surface area contributed by atoms with Crippen LogP contribution in [0.4, 0.5) is 18.9 Å². The number of nitrogens with zero attached hydrogens (tertiary/aromatic N) is 1. The van der Waals surface area contributed by atoms with Gasteiger partial charge in [0, 0.05) is 24.5 Å². The molecule has 0 radical (unpaired) electrons. The maximum Gasteiger partial charge on any atom is 0.386 e. The number of rotatable bonds is 5. The Balaban J connectivity index is 0.000000654. The lowest BCUT2D eigenvalue weighted by Crippen LogP contribution is -2.25. The summed E-state index contributed by atoms with van der Waals surface area (Å²) in [5, 5.41) is 22.4. The van der Waals surface area contributed by atoms with Crippen molar-refractivity contribution < 1.29 is 28.2 Å². The van der Waals surface area contributed by atoms with E-state index in [4.69, 9.17) is 4.99 Å². The normalized spacial score (nSPS) is 15.9. The van der Waals surface area contributed by atoms with Crippen molar-refractivity contribution in [2.45, 2.75) is 25.6 Å². The number of allylic oxidation sites excluding steroid dienone is 3. The molecule has 8 heteroatoms. The molecule has 1 heterocycles. The van der Waals surface area contributed by atoms with E-state index < -0.39 is 12.2 Å². The van der Waals surface area contributed by atoms with E-state index in [2.05, 4.69) is 18.5 Å². The van der Waals surface area contributed by atoms with E-state index in [1.54, 1.807) is 54.6 Å². The van der Waals surface area contributed by atoms with Gasteiger partial charge in [-0.2, -0.15) is 13.2 Å².